The molecule has 1 heterocycles. The van der Waals surface area contributed by atoms with E-state index < -0.39 is 11.8 Å². The quantitative estimate of drug-likeness (QED) is 0.391. The van der Waals surface area contributed by atoms with Crippen molar-refractivity contribution in [2.75, 3.05) is 18.7 Å². The van der Waals surface area contributed by atoms with Crippen LogP contribution in [0.2, 0.25) is 10.0 Å². The van der Waals surface area contributed by atoms with Crippen molar-refractivity contribution in [1.29, 1.82) is 0 Å². The maximum Gasteiger partial charge on any atom is 0.282 e. The Morgan fingerprint density at radius 2 is 1.86 bits per heavy atom. The predicted octanol–water partition coefficient (Wildman–Crippen LogP) is 4.64. The number of carbonyl (C=O) groups excluding carboxylic acids is 2. The number of methoxy groups -OCH3 is 1. The van der Waals surface area contributed by atoms with Gasteiger partial charge in [-0.15, -0.1) is 0 Å². The number of nitrogens with one attached hydrogen (secondary N) is 1. The molecule has 1 aliphatic rings. The van der Waals surface area contributed by atoms with Crippen molar-refractivity contribution >= 4 is 46.8 Å². The minimum atomic E-state index is -0.511. The van der Waals surface area contributed by atoms with Crippen molar-refractivity contribution in [3.63, 3.8) is 0 Å². The lowest BCUT2D eigenvalue weighted by molar-refractivity contribution is -0.117. The summed E-state index contributed by atoms with van der Waals surface area (Å²) in [5, 5.41) is 1.78. The van der Waals surface area contributed by atoms with Gasteiger partial charge in [-0.25, -0.2) is 5.01 Å². The molecule has 152 valence electrons. The van der Waals surface area contributed by atoms with Crippen LogP contribution >= 0.6 is 23.2 Å². The summed E-state index contributed by atoms with van der Waals surface area (Å²) in [5.41, 5.74) is 3.58. The van der Waals surface area contributed by atoms with E-state index in [1.807, 2.05) is 0 Å². The molecule has 0 unspecified atom stereocenters. The number of anilines is 1. The Labute approximate surface area is 179 Å². The van der Waals surface area contributed by atoms with Crippen molar-refractivity contribution in [3.8, 4) is 11.5 Å². The topological polar surface area (TPSA) is 67.9 Å². The number of hydrogen-bond acceptors (Lipinski definition) is 4. The van der Waals surface area contributed by atoms with Gasteiger partial charge in [0.15, 0.2) is 11.5 Å². The van der Waals surface area contributed by atoms with Gasteiger partial charge in [-0.1, -0.05) is 42.6 Å². The van der Waals surface area contributed by atoms with Crippen LogP contribution in [-0.4, -0.2) is 25.5 Å². The highest BCUT2D eigenvalue weighted by Gasteiger charge is 2.34. The van der Waals surface area contributed by atoms with Gasteiger partial charge in [-0.05, 0) is 48.4 Å². The molecule has 0 saturated carbocycles. The van der Waals surface area contributed by atoms with Crippen LogP contribution in [0.5, 0.6) is 11.5 Å². The second-order valence-corrected chi connectivity index (χ2v) is 7.16. The van der Waals surface area contributed by atoms with Crippen LogP contribution in [-0.2, 0) is 9.59 Å². The van der Waals surface area contributed by atoms with E-state index in [9.17, 15) is 9.59 Å². The summed E-state index contributed by atoms with van der Waals surface area (Å²) in [6.45, 7) is 2.67. The highest BCUT2D eigenvalue weighted by Crippen LogP contribution is 2.31. The fourth-order valence-corrected chi connectivity index (χ4v) is 3.04. The maximum absolute atomic E-state index is 12.8. The van der Waals surface area contributed by atoms with Gasteiger partial charge in [0.05, 0.1) is 29.4 Å². The van der Waals surface area contributed by atoms with Crippen LogP contribution in [0.15, 0.2) is 42.0 Å². The molecule has 2 aromatic rings. The third-order valence-electron chi connectivity index (χ3n) is 4.31. The van der Waals surface area contributed by atoms with Crippen molar-refractivity contribution in [2.24, 2.45) is 0 Å². The Morgan fingerprint density at radius 3 is 2.55 bits per heavy atom. The number of nitrogens with zero attached hydrogens (tertiary/aromatic N) is 1. The van der Waals surface area contributed by atoms with Gasteiger partial charge >= 0.3 is 0 Å². The predicted molar refractivity (Wildman–Crippen MR) is 113 cm³/mol. The van der Waals surface area contributed by atoms with Gasteiger partial charge in [0.2, 0.25) is 0 Å². The van der Waals surface area contributed by atoms with E-state index in [1.54, 1.807) is 37.4 Å². The largest absolute Gasteiger partial charge is 0.493 e. The average molecular weight is 435 g/mol. The molecule has 1 N–H and O–H groups in total. The van der Waals surface area contributed by atoms with Gasteiger partial charge in [-0.3, -0.25) is 15.0 Å². The summed E-state index contributed by atoms with van der Waals surface area (Å²) in [6, 6.07) is 9.91. The molecule has 0 radical (unpaired) electrons. The number of amides is 2. The lowest BCUT2D eigenvalue weighted by Crippen LogP contribution is -2.35. The molecule has 0 bridgehead atoms. The van der Waals surface area contributed by atoms with E-state index in [4.69, 9.17) is 32.7 Å². The Hall–Kier alpha value is -2.70. The fraction of sp³-hybridized carbons (Fsp3) is 0.238. The van der Waals surface area contributed by atoms with E-state index in [0.29, 0.717) is 34.4 Å². The van der Waals surface area contributed by atoms with Gasteiger partial charge in [0.1, 0.15) is 5.57 Å². The van der Waals surface area contributed by atoms with Gasteiger partial charge in [0.25, 0.3) is 11.8 Å². The van der Waals surface area contributed by atoms with Crippen LogP contribution in [0.25, 0.3) is 6.08 Å². The number of benzene rings is 2. The third-order valence-corrected chi connectivity index (χ3v) is 5.05. The first-order chi connectivity index (χ1) is 13.9. The molecule has 1 aliphatic heterocycles. The van der Waals surface area contributed by atoms with Crippen molar-refractivity contribution < 1.29 is 19.1 Å². The van der Waals surface area contributed by atoms with Crippen LogP contribution in [0.4, 0.5) is 5.69 Å². The lowest BCUT2D eigenvalue weighted by Gasteiger charge is -2.15. The van der Waals surface area contributed by atoms with E-state index in [0.717, 1.165) is 17.9 Å². The molecule has 8 heteroatoms. The SMILES string of the molecule is CCCCOc1ccc(/C=C2\C(=O)NN(c3ccc(Cl)c(Cl)c3)C2=O)cc1OC. The first kappa shape index (κ1) is 21.0. The Balaban J connectivity index is 1.85. The van der Waals surface area contributed by atoms with E-state index in [2.05, 4.69) is 12.3 Å². The molecule has 0 aliphatic carbocycles. The zero-order chi connectivity index (χ0) is 21.0. The number of rotatable bonds is 7. The smallest absolute Gasteiger partial charge is 0.282 e. The summed E-state index contributed by atoms with van der Waals surface area (Å²) in [7, 11) is 1.54. The molecule has 0 atom stereocenters. The summed E-state index contributed by atoms with van der Waals surface area (Å²) in [5.74, 6) is 0.143. The molecule has 0 aromatic heterocycles. The number of hydrogen-bond donors (Lipinski definition) is 1. The van der Waals surface area contributed by atoms with Crippen molar-refractivity contribution in [3.05, 3.63) is 57.6 Å². The first-order valence-corrected chi connectivity index (χ1v) is 9.83. The van der Waals surface area contributed by atoms with E-state index in [1.165, 1.54) is 12.1 Å². The minimum absolute atomic E-state index is 0.00206. The zero-order valence-electron chi connectivity index (χ0n) is 16.0. The highest BCUT2D eigenvalue weighted by molar-refractivity contribution is 6.42. The molecule has 6 nitrogen and oxygen atoms in total. The van der Waals surface area contributed by atoms with Gasteiger partial charge in [0, 0.05) is 0 Å². The van der Waals surface area contributed by atoms with E-state index in [-0.39, 0.29) is 10.6 Å². The molecular formula is C21H20Cl2N2O4. The van der Waals surface area contributed by atoms with Gasteiger partial charge in [-0.2, -0.15) is 0 Å². The molecule has 3 rings (SSSR count). The minimum Gasteiger partial charge on any atom is -0.493 e. The molecule has 0 spiro atoms. The fourth-order valence-electron chi connectivity index (χ4n) is 2.75. The standard InChI is InChI=1S/C21H20Cl2N2O4/c1-3-4-9-29-18-8-5-13(11-19(18)28-2)10-15-20(26)24-25(21(15)27)14-6-7-16(22)17(23)12-14/h5-8,10-12H,3-4,9H2,1-2H3,(H,24,26)/b15-10+. The summed E-state index contributed by atoms with van der Waals surface area (Å²) >= 11 is 11.9. The molecule has 2 amide bonds. The number of unbranched alkanes of at least 4 members (excludes halogenated alkanes) is 1. The van der Waals surface area contributed by atoms with Crippen LogP contribution in [0.1, 0.15) is 25.3 Å². The lowest BCUT2D eigenvalue weighted by atomic mass is 10.1. The second-order valence-electron chi connectivity index (χ2n) is 6.35. The summed E-state index contributed by atoms with van der Waals surface area (Å²) in [6.07, 6.45) is 3.47. The Kier molecular flexibility index (Phi) is 6.67. The normalized spacial score (nSPS) is 15.0. The van der Waals surface area contributed by atoms with E-state index >= 15 is 0 Å². The number of halogens is 2. The monoisotopic (exact) mass is 434 g/mol. The molecule has 29 heavy (non-hydrogen) atoms. The van der Waals surface area contributed by atoms with Crippen molar-refractivity contribution in [2.45, 2.75) is 19.8 Å². The average Bonchev–Trinajstić information content (AvgIpc) is 2.99. The molecule has 1 saturated heterocycles. The summed E-state index contributed by atoms with van der Waals surface area (Å²) in [4.78, 5) is 25.1. The molecule has 1 fully saturated rings. The Morgan fingerprint density at radius 1 is 1.07 bits per heavy atom. The van der Waals surface area contributed by atoms with Crippen molar-refractivity contribution in [1.82, 2.24) is 5.43 Å². The van der Waals surface area contributed by atoms with Crippen LogP contribution in [0, 0.1) is 0 Å². The number of carbonyl (C=O) groups is 2. The molecule has 2 aromatic carbocycles. The number of ether oxygens (including phenoxy) is 2. The first-order valence-electron chi connectivity index (χ1n) is 9.07. The maximum atomic E-state index is 12.8. The highest BCUT2D eigenvalue weighted by atomic mass is 35.5. The van der Waals surface area contributed by atoms with Crippen LogP contribution < -0.4 is 19.9 Å². The summed E-state index contributed by atoms with van der Waals surface area (Å²) < 4.78 is 11.1. The van der Waals surface area contributed by atoms with Gasteiger partial charge < -0.3 is 9.47 Å². The zero-order valence-corrected chi connectivity index (χ0v) is 17.5. The number of hydrazine groups is 1. The van der Waals surface area contributed by atoms with Crippen LogP contribution in [0.3, 0.4) is 0 Å². The Bertz CT molecular complexity index is 975. The second kappa shape index (κ2) is 9.20. The third kappa shape index (κ3) is 4.66. The molecular weight excluding hydrogens is 415 g/mol.